The van der Waals surface area contributed by atoms with Gasteiger partial charge < -0.3 is 9.57 Å². The summed E-state index contributed by atoms with van der Waals surface area (Å²) in [7, 11) is 0. The van der Waals surface area contributed by atoms with Crippen molar-refractivity contribution in [2.24, 2.45) is 0 Å². The van der Waals surface area contributed by atoms with Crippen LogP contribution in [-0.2, 0) is 10.5 Å². The first kappa shape index (κ1) is 15.6. The first-order chi connectivity index (χ1) is 13.2. The molecule has 2 heterocycles. The van der Waals surface area contributed by atoms with Crippen LogP contribution in [-0.4, -0.2) is 21.1 Å². The minimum atomic E-state index is -1.43. The number of benzene rings is 3. The molecule has 1 aliphatic heterocycles. The monoisotopic (exact) mass is 357 g/mol. The molecule has 0 aliphatic carbocycles. The topological polar surface area (TPSA) is 66.2 Å². The molecule has 0 spiro atoms. The number of esters is 1. The molecule has 5 rings (SSSR count). The predicted octanol–water partition coefficient (Wildman–Crippen LogP) is 3.24. The summed E-state index contributed by atoms with van der Waals surface area (Å²) < 4.78 is 5.82. The van der Waals surface area contributed by atoms with Gasteiger partial charge in [0.25, 0.3) is 0 Å². The van der Waals surface area contributed by atoms with Crippen LogP contribution < -0.4 is 4.84 Å². The van der Waals surface area contributed by atoms with Gasteiger partial charge in [0.2, 0.25) is 0 Å². The Morgan fingerprint density at radius 2 is 1.70 bits per heavy atom. The molecule has 1 unspecified atom stereocenters. The van der Waals surface area contributed by atoms with Gasteiger partial charge in [0.15, 0.2) is 0 Å². The summed E-state index contributed by atoms with van der Waals surface area (Å²) in [5.41, 5.74) is 4.28. The maximum Gasteiger partial charge on any atom is 0.342 e. The first-order valence-electron chi connectivity index (χ1n) is 8.57. The number of carbonyl (C=O) groups excluding carboxylic acids is 1. The normalized spacial score (nSPS) is 18.3. The second-order valence-corrected chi connectivity index (χ2v) is 6.46. The van der Waals surface area contributed by atoms with Crippen LogP contribution in [0.1, 0.15) is 27.0 Å². The molecule has 0 saturated heterocycles. The summed E-state index contributed by atoms with van der Waals surface area (Å²) in [5, 5.41) is 8.22. The van der Waals surface area contributed by atoms with Crippen molar-refractivity contribution in [2.75, 3.05) is 0 Å². The molecule has 1 aromatic heterocycles. The second-order valence-electron chi connectivity index (χ2n) is 6.46. The van der Waals surface area contributed by atoms with E-state index in [0.717, 1.165) is 5.56 Å². The molecular formula is C21H15N3O3. The van der Waals surface area contributed by atoms with Gasteiger partial charge in [-0.05, 0) is 36.4 Å². The van der Waals surface area contributed by atoms with Crippen molar-refractivity contribution in [3.63, 3.8) is 0 Å². The van der Waals surface area contributed by atoms with E-state index in [2.05, 4.69) is 10.3 Å². The quantitative estimate of drug-likeness (QED) is 0.527. The number of aromatic nitrogens is 3. The highest BCUT2D eigenvalue weighted by Gasteiger charge is 2.51. The van der Waals surface area contributed by atoms with Gasteiger partial charge in [-0.3, -0.25) is 0 Å². The lowest BCUT2D eigenvalue weighted by atomic mass is 9.95. The van der Waals surface area contributed by atoms with Gasteiger partial charge in [-0.25, -0.2) is 4.79 Å². The number of para-hydroxylation sites is 1. The van der Waals surface area contributed by atoms with Gasteiger partial charge in [0, 0.05) is 5.56 Å². The number of nitrogens with zero attached hydrogens (tertiary/aromatic N) is 3. The van der Waals surface area contributed by atoms with Crippen molar-refractivity contribution in [1.82, 2.24) is 15.2 Å². The van der Waals surface area contributed by atoms with E-state index in [4.69, 9.17) is 9.57 Å². The van der Waals surface area contributed by atoms with E-state index in [1.807, 2.05) is 67.6 Å². The molecule has 1 atom stereocenters. The summed E-state index contributed by atoms with van der Waals surface area (Å²) in [6.45, 7) is 2.00. The standard InChI is InChI=1S/C21H15N3O3/c1-14-10-12-15(13-11-14)21(17-7-3-2-6-16(17)20(25)26-21)27-24-19-9-5-4-8-18(19)22-23-24/h2-13H,1H3. The van der Waals surface area contributed by atoms with Crippen LogP contribution in [0, 0.1) is 6.92 Å². The van der Waals surface area contributed by atoms with Crippen LogP contribution in [0.2, 0.25) is 0 Å². The Morgan fingerprint density at radius 1 is 0.963 bits per heavy atom. The largest absolute Gasteiger partial charge is 0.408 e. The lowest BCUT2D eigenvalue weighted by molar-refractivity contribution is -0.182. The summed E-state index contributed by atoms with van der Waals surface area (Å²) in [5.74, 6) is -1.87. The molecule has 6 nitrogen and oxygen atoms in total. The fourth-order valence-corrected chi connectivity index (χ4v) is 3.33. The van der Waals surface area contributed by atoms with E-state index in [-0.39, 0.29) is 0 Å². The molecule has 0 N–H and O–H groups in total. The molecule has 132 valence electrons. The third-order valence-corrected chi connectivity index (χ3v) is 4.71. The highest BCUT2D eigenvalue weighted by Crippen LogP contribution is 2.41. The van der Waals surface area contributed by atoms with E-state index in [1.165, 1.54) is 4.85 Å². The Labute approximate surface area is 154 Å². The molecule has 4 aromatic rings. The smallest absolute Gasteiger partial charge is 0.342 e. The van der Waals surface area contributed by atoms with Crippen molar-refractivity contribution in [3.8, 4) is 0 Å². The lowest BCUT2D eigenvalue weighted by Gasteiger charge is -2.28. The molecule has 0 bridgehead atoms. The highest BCUT2D eigenvalue weighted by molar-refractivity contribution is 5.95. The Bertz CT molecular complexity index is 1170. The zero-order chi connectivity index (χ0) is 18.4. The van der Waals surface area contributed by atoms with Crippen molar-refractivity contribution in [3.05, 3.63) is 95.1 Å². The number of hydrogen-bond donors (Lipinski definition) is 0. The molecular weight excluding hydrogens is 342 g/mol. The number of cyclic esters (lactones) is 1. The number of carbonyl (C=O) groups is 1. The number of rotatable bonds is 3. The van der Waals surface area contributed by atoms with Gasteiger partial charge in [-0.2, -0.15) is 0 Å². The molecule has 6 heteroatoms. The van der Waals surface area contributed by atoms with Crippen molar-refractivity contribution in [2.45, 2.75) is 12.7 Å². The summed E-state index contributed by atoms with van der Waals surface area (Å²) in [4.78, 5) is 20.1. The summed E-state index contributed by atoms with van der Waals surface area (Å²) >= 11 is 0. The Hall–Kier alpha value is -3.67. The Morgan fingerprint density at radius 3 is 2.56 bits per heavy atom. The molecule has 0 saturated carbocycles. The van der Waals surface area contributed by atoms with E-state index in [9.17, 15) is 4.79 Å². The number of fused-ring (bicyclic) bond motifs is 2. The van der Waals surface area contributed by atoms with Crippen molar-refractivity contribution in [1.29, 1.82) is 0 Å². The van der Waals surface area contributed by atoms with Crippen LogP contribution in [0.3, 0.4) is 0 Å². The van der Waals surface area contributed by atoms with Crippen LogP contribution in [0.5, 0.6) is 0 Å². The maximum atomic E-state index is 12.6. The van der Waals surface area contributed by atoms with Crippen LogP contribution in [0.25, 0.3) is 11.0 Å². The minimum Gasteiger partial charge on any atom is -0.408 e. The fourth-order valence-electron chi connectivity index (χ4n) is 3.33. The summed E-state index contributed by atoms with van der Waals surface area (Å²) in [6, 6.07) is 22.4. The number of ether oxygens (including phenoxy) is 1. The van der Waals surface area contributed by atoms with Gasteiger partial charge in [0.1, 0.15) is 11.0 Å². The van der Waals surface area contributed by atoms with Crippen LogP contribution >= 0.6 is 0 Å². The van der Waals surface area contributed by atoms with Crippen LogP contribution in [0.15, 0.2) is 72.8 Å². The molecule has 1 aliphatic rings. The molecule has 3 aromatic carbocycles. The average molecular weight is 357 g/mol. The number of aryl methyl sites for hydroxylation is 1. The predicted molar refractivity (Wildman–Crippen MR) is 97.9 cm³/mol. The Balaban J connectivity index is 1.73. The van der Waals surface area contributed by atoms with E-state index in [0.29, 0.717) is 27.7 Å². The highest BCUT2D eigenvalue weighted by atomic mass is 16.8. The molecule has 0 amide bonds. The van der Waals surface area contributed by atoms with Crippen LogP contribution in [0.4, 0.5) is 0 Å². The lowest BCUT2D eigenvalue weighted by Crippen LogP contribution is -2.40. The molecule has 0 radical (unpaired) electrons. The van der Waals surface area contributed by atoms with Gasteiger partial charge in [-0.1, -0.05) is 58.9 Å². The van der Waals surface area contributed by atoms with Crippen molar-refractivity contribution < 1.29 is 14.4 Å². The SMILES string of the molecule is Cc1ccc(C2(On3nnc4ccccc43)OC(=O)c3ccccc32)cc1. The zero-order valence-electron chi connectivity index (χ0n) is 14.5. The fraction of sp³-hybridized carbons (Fsp3) is 0.0952. The first-order valence-corrected chi connectivity index (χ1v) is 8.57. The maximum absolute atomic E-state index is 12.6. The Kier molecular flexibility index (Phi) is 3.27. The van der Waals surface area contributed by atoms with Gasteiger partial charge in [-0.15, -0.1) is 5.10 Å². The van der Waals surface area contributed by atoms with Gasteiger partial charge >= 0.3 is 11.8 Å². The summed E-state index contributed by atoms with van der Waals surface area (Å²) in [6.07, 6.45) is 0. The van der Waals surface area contributed by atoms with E-state index in [1.54, 1.807) is 12.1 Å². The zero-order valence-corrected chi connectivity index (χ0v) is 14.5. The third kappa shape index (κ3) is 2.30. The minimum absolute atomic E-state index is 0.435. The number of hydrogen-bond acceptors (Lipinski definition) is 5. The third-order valence-electron chi connectivity index (χ3n) is 4.71. The van der Waals surface area contributed by atoms with Crippen molar-refractivity contribution >= 4 is 17.0 Å². The van der Waals surface area contributed by atoms with Gasteiger partial charge in [0.05, 0.1) is 11.1 Å². The second kappa shape index (κ2) is 5.67. The average Bonchev–Trinajstić information content (AvgIpc) is 3.23. The molecule has 27 heavy (non-hydrogen) atoms. The van der Waals surface area contributed by atoms with E-state index < -0.39 is 11.8 Å². The van der Waals surface area contributed by atoms with E-state index >= 15 is 0 Å². The molecule has 0 fully saturated rings.